The maximum Gasteiger partial charge on any atom is 0.323 e. The predicted molar refractivity (Wildman–Crippen MR) is 96.2 cm³/mol. The molecular weight excluding hydrogens is 314 g/mol. The fourth-order valence-electron chi connectivity index (χ4n) is 1.78. The second-order valence-corrected chi connectivity index (χ2v) is 7.84. The molecule has 132 valence electrons. The van der Waals surface area contributed by atoms with Gasteiger partial charge < -0.3 is 15.2 Å². The van der Waals surface area contributed by atoms with Crippen LogP contribution in [0.2, 0.25) is 0 Å². The molecule has 0 unspecified atom stereocenters. The van der Waals surface area contributed by atoms with E-state index in [1.54, 1.807) is 0 Å². The predicted octanol–water partition coefficient (Wildman–Crippen LogP) is 3.74. The van der Waals surface area contributed by atoms with Crippen LogP contribution in [0, 0.1) is 5.41 Å². The Hall–Kier alpha value is -1.26. The third kappa shape index (κ3) is 9.47. The minimum atomic E-state index is -0.642. The number of esters is 1. The summed E-state index contributed by atoms with van der Waals surface area (Å²) in [5.41, 5.74) is 6.62. The highest BCUT2D eigenvalue weighted by molar-refractivity contribution is 5.85. The van der Waals surface area contributed by atoms with Crippen molar-refractivity contribution < 1.29 is 14.3 Å². The number of benzene rings is 1. The minimum Gasteiger partial charge on any atom is -0.488 e. The summed E-state index contributed by atoms with van der Waals surface area (Å²) in [6.07, 6.45) is 0.457. The van der Waals surface area contributed by atoms with Gasteiger partial charge in [0, 0.05) is 0 Å². The molecule has 2 N–H and O–H groups in total. The number of ether oxygens (including phenoxy) is 2. The summed E-state index contributed by atoms with van der Waals surface area (Å²) in [5, 5.41) is 0. The van der Waals surface area contributed by atoms with Gasteiger partial charge in [0.05, 0.1) is 6.61 Å². The molecule has 0 fully saturated rings. The number of hydrogen-bond donors (Lipinski definition) is 1. The van der Waals surface area contributed by atoms with Gasteiger partial charge in [0.15, 0.2) is 0 Å². The Morgan fingerprint density at radius 3 is 2.04 bits per heavy atom. The third-order valence-electron chi connectivity index (χ3n) is 2.75. The summed E-state index contributed by atoms with van der Waals surface area (Å²) < 4.78 is 11.0. The van der Waals surface area contributed by atoms with Crippen LogP contribution in [0.1, 0.15) is 47.1 Å². The van der Waals surface area contributed by atoms with Crippen LogP contribution in [-0.2, 0) is 16.0 Å². The van der Waals surface area contributed by atoms with E-state index in [0.29, 0.717) is 13.0 Å². The molecule has 0 aliphatic carbocycles. The zero-order valence-electron chi connectivity index (χ0n) is 15.0. The summed E-state index contributed by atoms with van der Waals surface area (Å²) in [5.74, 6) is 0.449. The molecule has 0 spiro atoms. The molecule has 0 heterocycles. The van der Waals surface area contributed by atoms with Gasteiger partial charge in [0.2, 0.25) is 0 Å². The number of carbonyl (C=O) groups is 1. The Balaban J connectivity index is 0.00000484. The number of carbonyl (C=O) groups excluding carboxylic acids is 1. The lowest BCUT2D eigenvalue weighted by Gasteiger charge is -2.21. The maximum absolute atomic E-state index is 11.9. The van der Waals surface area contributed by atoms with E-state index in [0.717, 1.165) is 11.3 Å². The SMILES string of the molecule is CC(C)(C)COC(=O)[C@@H](N)Cc1ccc(OC(C)(C)C)cc1.Cl. The topological polar surface area (TPSA) is 61.5 Å². The average molecular weight is 344 g/mol. The van der Waals surface area contributed by atoms with Gasteiger partial charge in [-0.1, -0.05) is 32.9 Å². The zero-order valence-corrected chi connectivity index (χ0v) is 15.8. The number of hydrogen-bond acceptors (Lipinski definition) is 4. The zero-order chi connectivity index (χ0) is 17.0. The summed E-state index contributed by atoms with van der Waals surface area (Å²) in [6, 6.07) is 7.01. The largest absolute Gasteiger partial charge is 0.488 e. The highest BCUT2D eigenvalue weighted by atomic mass is 35.5. The summed E-state index contributed by atoms with van der Waals surface area (Å²) in [7, 11) is 0. The first-order valence-corrected chi connectivity index (χ1v) is 7.66. The molecule has 0 amide bonds. The van der Waals surface area contributed by atoms with Gasteiger partial charge in [-0.2, -0.15) is 0 Å². The molecule has 1 rings (SSSR count). The van der Waals surface area contributed by atoms with Gasteiger partial charge >= 0.3 is 5.97 Å². The first-order valence-electron chi connectivity index (χ1n) is 7.66. The molecule has 0 aliphatic heterocycles. The Kier molecular flexibility index (Phi) is 8.08. The molecule has 4 nitrogen and oxygen atoms in total. The smallest absolute Gasteiger partial charge is 0.323 e. The van der Waals surface area contributed by atoms with Crippen LogP contribution in [0.5, 0.6) is 5.75 Å². The van der Waals surface area contributed by atoms with E-state index in [1.807, 2.05) is 65.8 Å². The molecule has 0 aliphatic rings. The lowest BCUT2D eigenvalue weighted by molar-refractivity contribution is -0.147. The van der Waals surface area contributed by atoms with Crippen LogP contribution in [0.4, 0.5) is 0 Å². The van der Waals surface area contributed by atoms with Crippen molar-refractivity contribution in [3.8, 4) is 5.75 Å². The van der Waals surface area contributed by atoms with Crippen LogP contribution in [0.3, 0.4) is 0 Å². The minimum absolute atomic E-state index is 0. The molecule has 23 heavy (non-hydrogen) atoms. The van der Waals surface area contributed by atoms with Gasteiger partial charge in [0.25, 0.3) is 0 Å². The fourth-order valence-corrected chi connectivity index (χ4v) is 1.78. The van der Waals surface area contributed by atoms with Crippen molar-refractivity contribution in [2.75, 3.05) is 6.61 Å². The van der Waals surface area contributed by atoms with E-state index in [2.05, 4.69) is 0 Å². The molecular formula is C18H30ClNO3. The molecule has 1 aromatic rings. The standard InChI is InChI=1S/C18H29NO3.ClH/c1-17(2,3)12-21-16(20)15(19)11-13-7-9-14(10-8-13)22-18(4,5)6;/h7-10,15H,11-12,19H2,1-6H3;1H/t15-;/m0./s1. The van der Waals surface area contributed by atoms with Crippen molar-refractivity contribution in [1.29, 1.82) is 0 Å². The average Bonchev–Trinajstić information content (AvgIpc) is 2.35. The maximum atomic E-state index is 11.9. The van der Waals surface area contributed by atoms with E-state index in [4.69, 9.17) is 15.2 Å². The van der Waals surface area contributed by atoms with E-state index in [9.17, 15) is 4.79 Å². The first-order chi connectivity index (χ1) is 9.96. The van der Waals surface area contributed by atoms with Crippen LogP contribution < -0.4 is 10.5 Å². The normalized spacial score (nSPS) is 13.0. The monoisotopic (exact) mass is 343 g/mol. The second kappa shape index (κ2) is 8.55. The lowest BCUT2D eigenvalue weighted by atomic mass is 9.98. The highest BCUT2D eigenvalue weighted by Crippen LogP contribution is 2.19. The van der Waals surface area contributed by atoms with Crippen LogP contribution in [0.25, 0.3) is 0 Å². The first kappa shape index (κ1) is 21.7. The third-order valence-corrected chi connectivity index (χ3v) is 2.75. The number of nitrogens with two attached hydrogens (primary N) is 1. The number of halogens is 1. The molecule has 0 saturated carbocycles. The Morgan fingerprint density at radius 2 is 1.61 bits per heavy atom. The summed E-state index contributed by atoms with van der Waals surface area (Å²) in [6.45, 7) is 12.4. The molecule has 0 radical (unpaired) electrons. The van der Waals surface area contributed by atoms with Crippen molar-refractivity contribution in [3.05, 3.63) is 29.8 Å². The highest BCUT2D eigenvalue weighted by Gasteiger charge is 2.19. The molecule has 5 heteroatoms. The van der Waals surface area contributed by atoms with E-state index >= 15 is 0 Å². The van der Waals surface area contributed by atoms with Gasteiger partial charge in [0.1, 0.15) is 17.4 Å². The van der Waals surface area contributed by atoms with Crippen molar-refractivity contribution in [3.63, 3.8) is 0 Å². The van der Waals surface area contributed by atoms with E-state index in [-0.39, 0.29) is 29.4 Å². The van der Waals surface area contributed by atoms with E-state index < -0.39 is 6.04 Å². The van der Waals surface area contributed by atoms with Gasteiger partial charge in [-0.05, 0) is 50.3 Å². The Labute approximate surface area is 146 Å². The van der Waals surface area contributed by atoms with E-state index in [1.165, 1.54) is 0 Å². The molecule has 1 atom stereocenters. The molecule has 0 aromatic heterocycles. The van der Waals surface area contributed by atoms with Crippen molar-refractivity contribution in [2.45, 2.75) is 59.6 Å². The molecule has 0 bridgehead atoms. The number of rotatable bonds is 5. The van der Waals surface area contributed by atoms with Crippen LogP contribution >= 0.6 is 12.4 Å². The summed E-state index contributed by atoms with van der Waals surface area (Å²) in [4.78, 5) is 11.9. The fraction of sp³-hybridized carbons (Fsp3) is 0.611. The van der Waals surface area contributed by atoms with Gasteiger partial charge in [-0.15, -0.1) is 12.4 Å². The quantitative estimate of drug-likeness (QED) is 0.827. The lowest BCUT2D eigenvalue weighted by Crippen LogP contribution is -2.36. The van der Waals surface area contributed by atoms with Crippen LogP contribution in [-0.4, -0.2) is 24.2 Å². The Morgan fingerprint density at radius 1 is 1.09 bits per heavy atom. The summed E-state index contributed by atoms with van der Waals surface area (Å²) >= 11 is 0. The van der Waals surface area contributed by atoms with Crippen molar-refractivity contribution in [1.82, 2.24) is 0 Å². The van der Waals surface area contributed by atoms with Crippen molar-refractivity contribution >= 4 is 18.4 Å². The van der Waals surface area contributed by atoms with Gasteiger partial charge in [-0.25, -0.2) is 0 Å². The molecule has 0 saturated heterocycles. The van der Waals surface area contributed by atoms with Gasteiger partial charge in [-0.3, -0.25) is 4.79 Å². The second-order valence-electron chi connectivity index (χ2n) is 7.84. The van der Waals surface area contributed by atoms with Crippen molar-refractivity contribution in [2.24, 2.45) is 11.1 Å². The Bertz CT molecular complexity index is 486. The van der Waals surface area contributed by atoms with Crippen LogP contribution in [0.15, 0.2) is 24.3 Å². The molecule has 1 aromatic carbocycles.